The van der Waals surface area contributed by atoms with Gasteiger partial charge in [0.25, 0.3) is 5.91 Å². The van der Waals surface area contributed by atoms with E-state index in [1.54, 1.807) is 0 Å². The molecule has 1 aromatic carbocycles. The molecule has 3 unspecified atom stereocenters. The third-order valence-corrected chi connectivity index (χ3v) is 4.90. The highest BCUT2D eigenvalue weighted by Gasteiger charge is 2.42. The zero-order valence-corrected chi connectivity index (χ0v) is 14.2. The van der Waals surface area contributed by atoms with Crippen molar-refractivity contribution in [3.8, 4) is 0 Å². The molecule has 1 saturated carbocycles. The Bertz CT molecular complexity index is 517. The number of carbonyl (C=O) groups excluding carboxylic acids is 1. The van der Waals surface area contributed by atoms with Gasteiger partial charge in [-0.3, -0.25) is 4.79 Å². The van der Waals surface area contributed by atoms with Crippen LogP contribution in [0.25, 0.3) is 0 Å². The molecule has 0 bridgehead atoms. The lowest BCUT2D eigenvalue weighted by atomic mass is 9.98. The monoisotopic (exact) mass is 323 g/mol. The average Bonchev–Trinajstić information content (AvgIpc) is 3.01. The lowest BCUT2D eigenvalue weighted by Crippen LogP contribution is -2.33. The Hall–Kier alpha value is -1.10. The second-order valence-electron chi connectivity index (χ2n) is 6.81. The number of benzene rings is 1. The number of halogens is 1. The van der Waals surface area contributed by atoms with Crippen molar-refractivity contribution in [2.75, 3.05) is 27.2 Å². The highest BCUT2D eigenvalue weighted by molar-refractivity contribution is 5.94. The molecule has 1 amide bonds. The van der Waals surface area contributed by atoms with Crippen LogP contribution in [0.15, 0.2) is 24.3 Å². The van der Waals surface area contributed by atoms with Crippen LogP contribution in [0.2, 0.25) is 0 Å². The predicted octanol–water partition coefficient (Wildman–Crippen LogP) is 1.98. The first-order valence-corrected chi connectivity index (χ1v) is 7.83. The van der Waals surface area contributed by atoms with E-state index < -0.39 is 0 Å². The van der Waals surface area contributed by atoms with Crippen LogP contribution in [0, 0.1) is 11.8 Å². The number of hydrogen-bond donors (Lipinski definition) is 1. The summed E-state index contributed by atoms with van der Waals surface area (Å²) in [7, 11) is 4.09. The Morgan fingerprint density at radius 1 is 1.23 bits per heavy atom. The van der Waals surface area contributed by atoms with Gasteiger partial charge in [-0.1, -0.05) is 12.1 Å². The normalized spacial score (nSPS) is 26.9. The van der Waals surface area contributed by atoms with E-state index in [0.717, 1.165) is 31.6 Å². The van der Waals surface area contributed by atoms with Gasteiger partial charge in [0.15, 0.2) is 0 Å². The first kappa shape index (κ1) is 17.3. The average molecular weight is 324 g/mol. The van der Waals surface area contributed by atoms with Gasteiger partial charge in [0.2, 0.25) is 0 Å². The minimum absolute atomic E-state index is 0. The number of carbonyl (C=O) groups is 1. The largest absolute Gasteiger partial charge is 0.338 e. The van der Waals surface area contributed by atoms with E-state index in [2.05, 4.69) is 17.0 Å². The van der Waals surface area contributed by atoms with E-state index in [1.807, 2.05) is 31.1 Å². The van der Waals surface area contributed by atoms with Gasteiger partial charge in [0.05, 0.1) is 0 Å². The SMILES string of the molecule is CN(C)Cc1ccc(C(=O)N2CC3CCC(N)C3C2)cc1.Cl. The molecule has 0 aromatic heterocycles. The van der Waals surface area contributed by atoms with Crippen LogP contribution in [0.5, 0.6) is 0 Å². The summed E-state index contributed by atoms with van der Waals surface area (Å²) in [4.78, 5) is 16.7. The third kappa shape index (κ3) is 3.45. The quantitative estimate of drug-likeness (QED) is 0.925. The molecule has 0 spiro atoms. The molecule has 2 aliphatic rings. The number of fused-ring (bicyclic) bond motifs is 1. The van der Waals surface area contributed by atoms with Crippen LogP contribution in [0.3, 0.4) is 0 Å². The summed E-state index contributed by atoms with van der Waals surface area (Å²) in [6.07, 6.45) is 2.30. The fourth-order valence-corrected chi connectivity index (χ4v) is 3.77. The standard InChI is InChI=1S/C17H25N3O.ClH/c1-19(2)9-12-3-5-13(6-4-12)17(21)20-10-14-7-8-16(18)15(14)11-20;/h3-6,14-16H,7-11,18H2,1-2H3;1H. The maximum atomic E-state index is 12.6. The first-order valence-electron chi connectivity index (χ1n) is 7.83. The maximum Gasteiger partial charge on any atom is 0.253 e. The van der Waals surface area contributed by atoms with Crippen LogP contribution in [0.4, 0.5) is 0 Å². The first-order chi connectivity index (χ1) is 10.0. The summed E-state index contributed by atoms with van der Waals surface area (Å²) in [5.41, 5.74) is 8.18. The van der Waals surface area contributed by atoms with Crippen molar-refractivity contribution in [1.82, 2.24) is 9.80 Å². The van der Waals surface area contributed by atoms with E-state index in [9.17, 15) is 4.79 Å². The summed E-state index contributed by atoms with van der Waals surface area (Å²) in [5, 5.41) is 0. The van der Waals surface area contributed by atoms with Gasteiger partial charge in [-0.15, -0.1) is 12.4 Å². The van der Waals surface area contributed by atoms with E-state index in [0.29, 0.717) is 11.8 Å². The molecule has 1 saturated heterocycles. The Balaban J connectivity index is 0.00000176. The number of amides is 1. The van der Waals surface area contributed by atoms with Crippen LogP contribution in [0.1, 0.15) is 28.8 Å². The fourth-order valence-electron chi connectivity index (χ4n) is 3.77. The Labute approximate surface area is 139 Å². The minimum Gasteiger partial charge on any atom is -0.338 e. The van der Waals surface area contributed by atoms with E-state index in [-0.39, 0.29) is 24.4 Å². The molecule has 3 atom stereocenters. The highest BCUT2D eigenvalue weighted by atomic mass is 35.5. The van der Waals surface area contributed by atoms with Crippen molar-refractivity contribution in [2.24, 2.45) is 17.6 Å². The van der Waals surface area contributed by atoms with Crippen molar-refractivity contribution in [3.05, 3.63) is 35.4 Å². The lowest BCUT2D eigenvalue weighted by Gasteiger charge is -2.19. The van der Waals surface area contributed by atoms with Crippen molar-refractivity contribution in [1.29, 1.82) is 0 Å². The molecule has 1 aromatic rings. The van der Waals surface area contributed by atoms with Gasteiger partial charge in [0, 0.05) is 31.2 Å². The number of likely N-dealkylation sites (tertiary alicyclic amines) is 1. The predicted molar refractivity (Wildman–Crippen MR) is 91.2 cm³/mol. The van der Waals surface area contributed by atoms with Gasteiger partial charge in [-0.2, -0.15) is 0 Å². The number of nitrogens with two attached hydrogens (primary N) is 1. The minimum atomic E-state index is 0. The molecule has 122 valence electrons. The zero-order valence-electron chi connectivity index (χ0n) is 13.4. The molecule has 0 radical (unpaired) electrons. The molecule has 3 rings (SSSR count). The fraction of sp³-hybridized carbons (Fsp3) is 0.588. The van der Waals surface area contributed by atoms with Gasteiger partial charge >= 0.3 is 0 Å². The van der Waals surface area contributed by atoms with E-state index in [1.165, 1.54) is 12.0 Å². The number of nitrogens with zero attached hydrogens (tertiary/aromatic N) is 2. The van der Waals surface area contributed by atoms with Gasteiger partial charge in [0.1, 0.15) is 0 Å². The summed E-state index contributed by atoms with van der Waals surface area (Å²) < 4.78 is 0. The molecule has 1 heterocycles. The molecular weight excluding hydrogens is 298 g/mol. The summed E-state index contributed by atoms with van der Waals surface area (Å²) >= 11 is 0. The topological polar surface area (TPSA) is 49.6 Å². The summed E-state index contributed by atoms with van der Waals surface area (Å²) in [6.45, 7) is 2.62. The van der Waals surface area contributed by atoms with Crippen molar-refractivity contribution in [2.45, 2.75) is 25.4 Å². The molecule has 2 N–H and O–H groups in total. The molecule has 5 heteroatoms. The van der Waals surface area contributed by atoms with Crippen LogP contribution < -0.4 is 5.73 Å². The lowest BCUT2D eigenvalue weighted by molar-refractivity contribution is 0.0779. The Morgan fingerprint density at radius 2 is 1.91 bits per heavy atom. The summed E-state index contributed by atoms with van der Waals surface area (Å²) in [6, 6.07) is 8.30. The maximum absolute atomic E-state index is 12.6. The second kappa shape index (κ2) is 6.99. The molecular formula is C17H26ClN3O. The highest BCUT2D eigenvalue weighted by Crippen LogP contribution is 2.37. The second-order valence-corrected chi connectivity index (χ2v) is 6.81. The smallest absolute Gasteiger partial charge is 0.253 e. The zero-order chi connectivity index (χ0) is 15.0. The third-order valence-electron chi connectivity index (χ3n) is 4.90. The van der Waals surface area contributed by atoms with Crippen molar-refractivity contribution in [3.63, 3.8) is 0 Å². The Kier molecular flexibility index (Phi) is 5.48. The van der Waals surface area contributed by atoms with Crippen LogP contribution >= 0.6 is 12.4 Å². The van der Waals surface area contributed by atoms with Gasteiger partial charge < -0.3 is 15.5 Å². The van der Waals surface area contributed by atoms with Gasteiger partial charge in [-0.05, 0) is 56.5 Å². The number of rotatable bonds is 3. The van der Waals surface area contributed by atoms with Crippen LogP contribution in [-0.2, 0) is 6.54 Å². The molecule has 2 fully saturated rings. The molecule has 1 aliphatic heterocycles. The number of hydrogen-bond acceptors (Lipinski definition) is 3. The van der Waals surface area contributed by atoms with Crippen molar-refractivity contribution < 1.29 is 4.79 Å². The van der Waals surface area contributed by atoms with E-state index in [4.69, 9.17) is 5.73 Å². The van der Waals surface area contributed by atoms with Crippen molar-refractivity contribution >= 4 is 18.3 Å². The Morgan fingerprint density at radius 3 is 2.50 bits per heavy atom. The molecule has 1 aliphatic carbocycles. The van der Waals surface area contributed by atoms with E-state index >= 15 is 0 Å². The molecule has 4 nitrogen and oxygen atoms in total. The molecule has 22 heavy (non-hydrogen) atoms. The van der Waals surface area contributed by atoms with Crippen LogP contribution in [-0.4, -0.2) is 48.9 Å². The van der Waals surface area contributed by atoms with Gasteiger partial charge in [-0.25, -0.2) is 0 Å². The summed E-state index contributed by atoms with van der Waals surface area (Å²) in [5.74, 6) is 1.30.